The number of benzene rings is 1. The molecule has 0 aliphatic heterocycles. The van der Waals surface area contributed by atoms with Gasteiger partial charge in [-0.15, -0.1) is 0 Å². The quantitative estimate of drug-likeness (QED) is 0.160. The predicted octanol–water partition coefficient (Wildman–Crippen LogP) is 2.12. The minimum atomic E-state index is -0.473. The van der Waals surface area contributed by atoms with Crippen molar-refractivity contribution in [3.05, 3.63) is 48.0 Å². The number of alkyl carbamates (subject to hydrolysis) is 1. The van der Waals surface area contributed by atoms with Gasteiger partial charge in [0.25, 0.3) is 0 Å². The summed E-state index contributed by atoms with van der Waals surface area (Å²) in [4.78, 5) is 22.7. The number of carbonyl (C=O) groups excluding carboxylic acids is 2. The number of hydrogen-bond acceptors (Lipinski definition) is 9. The Morgan fingerprint density at radius 2 is 1.18 bits per heavy atom. The molecule has 34 heavy (non-hydrogen) atoms. The lowest BCUT2D eigenvalue weighted by Gasteiger charge is -2.09. The van der Waals surface area contributed by atoms with Crippen LogP contribution in [0, 0.1) is 0 Å². The van der Waals surface area contributed by atoms with Gasteiger partial charge in [0.1, 0.15) is 13.2 Å². The van der Waals surface area contributed by atoms with E-state index in [-0.39, 0.29) is 13.2 Å². The minimum Gasteiger partial charge on any atom is -0.460 e. The van der Waals surface area contributed by atoms with E-state index >= 15 is 0 Å². The SMILES string of the molecule is C=C(C)C(=O)OCCOCCOCCOCCOCCOCCNC(=O)OCc1ccccc1. The Kier molecular flexibility index (Phi) is 18.3. The van der Waals surface area contributed by atoms with Crippen LogP contribution in [0.25, 0.3) is 0 Å². The van der Waals surface area contributed by atoms with Crippen LogP contribution >= 0.6 is 0 Å². The molecule has 0 saturated carbocycles. The first-order chi connectivity index (χ1) is 16.6. The van der Waals surface area contributed by atoms with Crippen LogP contribution in [0.1, 0.15) is 12.5 Å². The molecule has 192 valence electrons. The Morgan fingerprint density at radius 1 is 0.706 bits per heavy atom. The van der Waals surface area contributed by atoms with E-state index in [0.29, 0.717) is 78.2 Å². The summed E-state index contributed by atoms with van der Waals surface area (Å²) in [6.45, 7) is 10.1. The highest BCUT2D eigenvalue weighted by atomic mass is 16.6. The topological polar surface area (TPSA) is 111 Å². The molecule has 0 heterocycles. The van der Waals surface area contributed by atoms with Crippen LogP contribution in [0.4, 0.5) is 4.79 Å². The number of hydrogen-bond donors (Lipinski definition) is 1. The third-order valence-corrected chi connectivity index (χ3v) is 4.03. The largest absolute Gasteiger partial charge is 0.460 e. The van der Waals surface area contributed by atoms with Crippen LogP contribution < -0.4 is 5.32 Å². The molecule has 0 spiro atoms. The Hall–Kier alpha value is -2.50. The summed E-state index contributed by atoms with van der Waals surface area (Å²) in [5, 5.41) is 2.63. The highest BCUT2D eigenvalue weighted by Crippen LogP contribution is 2.00. The Morgan fingerprint density at radius 3 is 1.68 bits per heavy atom. The fourth-order valence-electron chi connectivity index (χ4n) is 2.30. The van der Waals surface area contributed by atoms with E-state index in [2.05, 4.69) is 11.9 Å². The summed E-state index contributed by atoms with van der Waals surface area (Å²) in [6, 6.07) is 9.48. The molecule has 1 N–H and O–H groups in total. The molecule has 0 saturated heterocycles. The Balaban J connectivity index is 1.73. The number of amides is 1. The summed E-state index contributed by atoms with van der Waals surface area (Å²) in [7, 11) is 0. The molecule has 0 bridgehead atoms. The van der Waals surface area contributed by atoms with E-state index in [1.165, 1.54) is 0 Å². The molecule has 10 heteroatoms. The second-order valence-corrected chi connectivity index (χ2v) is 6.97. The smallest absolute Gasteiger partial charge is 0.407 e. The van der Waals surface area contributed by atoms with E-state index < -0.39 is 12.1 Å². The first kappa shape index (κ1) is 29.5. The van der Waals surface area contributed by atoms with Crippen LogP contribution in [0.3, 0.4) is 0 Å². The van der Waals surface area contributed by atoms with Crippen molar-refractivity contribution in [3.63, 3.8) is 0 Å². The first-order valence-corrected chi connectivity index (χ1v) is 11.3. The van der Waals surface area contributed by atoms with Crippen molar-refractivity contribution < 1.29 is 42.7 Å². The third kappa shape index (κ3) is 18.0. The molecule has 0 unspecified atom stereocenters. The van der Waals surface area contributed by atoms with Crippen molar-refractivity contribution in [2.45, 2.75) is 13.5 Å². The molecular formula is C24H37NO9. The zero-order chi connectivity index (χ0) is 24.7. The first-order valence-electron chi connectivity index (χ1n) is 11.3. The third-order valence-electron chi connectivity index (χ3n) is 4.03. The summed E-state index contributed by atoms with van der Waals surface area (Å²) in [5.41, 5.74) is 1.30. The fraction of sp³-hybridized carbons (Fsp3) is 0.583. The van der Waals surface area contributed by atoms with Gasteiger partial charge in [-0.3, -0.25) is 0 Å². The van der Waals surface area contributed by atoms with Gasteiger partial charge in [-0.1, -0.05) is 36.9 Å². The molecule has 0 radical (unpaired) electrons. The Bertz CT molecular complexity index is 670. The van der Waals surface area contributed by atoms with Crippen molar-refractivity contribution in [2.24, 2.45) is 0 Å². The second-order valence-electron chi connectivity index (χ2n) is 6.97. The molecule has 0 aliphatic rings. The van der Waals surface area contributed by atoms with Gasteiger partial charge in [-0.25, -0.2) is 9.59 Å². The van der Waals surface area contributed by atoms with Gasteiger partial charge in [-0.05, 0) is 12.5 Å². The maximum absolute atomic E-state index is 11.6. The number of esters is 1. The lowest BCUT2D eigenvalue weighted by Crippen LogP contribution is -2.28. The monoisotopic (exact) mass is 483 g/mol. The second kappa shape index (κ2) is 21.1. The minimum absolute atomic E-state index is 0.195. The summed E-state index contributed by atoms with van der Waals surface area (Å²) >= 11 is 0. The van der Waals surface area contributed by atoms with Crippen LogP contribution in [-0.2, 0) is 44.6 Å². The summed E-state index contributed by atoms with van der Waals surface area (Å²) in [5.74, 6) is -0.417. The molecule has 1 rings (SSSR count). The molecular weight excluding hydrogens is 446 g/mol. The maximum Gasteiger partial charge on any atom is 0.407 e. The summed E-state index contributed by atoms with van der Waals surface area (Å²) in [6.07, 6.45) is -0.473. The molecule has 0 fully saturated rings. The van der Waals surface area contributed by atoms with Crippen molar-refractivity contribution in [1.29, 1.82) is 0 Å². The molecule has 10 nitrogen and oxygen atoms in total. The average Bonchev–Trinajstić information content (AvgIpc) is 2.84. The zero-order valence-corrected chi connectivity index (χ0v) is 20.0. The van der Waals surface area contributed by atoms with Gasteiger partial charge in [0.05, 0.1) is 66.1 Å². The Labute approximate surface area is 201 Å². The van der Waals surface area contributed by atoms with Crippen molar-refractivity contribution in [2.75, 3.05) is 79.2 Å². The molecule has 0 aliphatic carbocycles. The van der Waals surface area contributed by atoms with E-state index in [1.54, 1.807) is 6.92 Å². The van der Waals surface area contributed by atoms with Gasteiger partial charge in [0.15, 0.2) is 0 Å². The number of nitrogens with one attached hydrogen (secondary N) is 1. The van der Waals surface area contributed by atoms with E-state index in [1.807, 2.05) is 30.3 Å². The summed E-state index contributed by atoms with van der Waals surface area (Å²) < 4.78 is 36.8. The molecule has 1 aromatic carbocycles. The maximum atomic E-state index is 11.6. The predicted molar refractivity (Wildman–Crippen MR) is 124 cm³/mol. The van der Waals surface area contributed by atoms with Gasteiger partial charge in [0, 0.05) is 12.1 Å². The highest BCUT2D eigenvalue weighted by Gasteiger charge is 2.02. The lowest BCUT2D eigenvalue weighted by molar-refractivity contribution is -0.140. The lowest BCUT2D eigenvalue weighted by atomic mass is 10.2. The van der Waals surface area contributed by atoms with E-state index in [0.717, 1.165) is 5.56 Å². The van der Waals surface area contributed by atoms with Crippen molar-refractivity contribution in [1.82, 2.24) is 5.32 Å². The van der Waals surface area contributed by atoms with Gasteiger partial charge in [0.2, 0.25) is 0 Å². The molecule has 1 aromatic rings. The van der Waals surface area contributed by atoms with Crippen LogP contribution in [-0.4, -0.2) is 91.3 Å². The van der Waals surface area contributed by atoms with Gasteiger partial charge in [-0.2, -0.15) is 0 Å². The molecule has 0 atom stereocenters. The van der Waals surface area contributed by atoms with Crippen LogP contribution in [0.2, 0.25) is 0 Å². The normalized spacial score (nSPS) is 10.6. The number of rotatable bonds is 21. The van der Waals surface area contributed by atoms with Crippen molar-refractivity contribution in [3.8, 4) is 0 Å². The average molecular weight is 484 g/mol. The van der Waals surface area contributed by atoms with Gasteiger partial charge < -0.3 is 38.5 Å². The molecule has 1 amide bonds. The van der Waals surface area contributed by atoms with E-state index in [9.17, 15) is 9.59 Å². The van der Waals surface area contributed by atoms with Gasteiger partial charge >= 0.3 is 12.1 Å². The highest BCUT2D eigenvalue weighted by molar-refractivity contribution is 5.86. The van der Waals surface area contributed by atoms with E-state index in [4.69, 9.17) is 33.2 Å². The molecule has 0 aromatic heterocycles. The fourth-order valence-corrected chi connectivity index (χ4v) is 2.30. The van der Waals surface area contributed by atoms with Crippen LogP contribution in [0.5, 0.6) is 0 Å². The number of carbonyl (C=O) groups is 2. The standard InChI is InChI=1S/C24H37NO9/c1-21(2)23(26)33-19-18-32-17-16-31-15-14-30-13-12-29-11-10-28-9-8-25-24(27)34-20-22-6-4-3-5-7-22/h3-7H,1,8-20H2,2H3,(H,25,27). The number of ether oxygens (including phenoxy) is 7. The van der Waals surface area contributed by atoms with Crippen LogP contribution in [0.15, 0.2) is 42.5 Å². The van der Waals surface area contributed by atoms with Crippen molar-refractivity contribution >= 4 is 12.1 Å². The zero-order valence-electron chi connectivity index (χ0n) is 20.0.